The molecule has 0 aromatic heterocycles. The van der Waals surface area contributed by atoms with Crippen molar-refractivity contribution in [2.24, 2.45) is 0 Å². The molecule has 2 aromatic rings. The Balaban J connectivity index is 2.15. The second kappa shape index (κ2) is 6.37. The summed E-state index contributed by atoms with van der Waals surface area (Å²) in [5, 5.41) is 5.15. The molecule has 0 aliphatic carbocycles. The van der Waals surface area contributed by atoms with Crippen LogP contribution in [0.5, 0.6) is 0 Å². The van der Waals surface area contributed by atoms with Crippen LogP contribution in [0.4, 0.5) is 0 Å². The molecule has 0 aliphatic rings. The number of fused-ring (bicyclic) bond motifs is 1. The molecule has 0 radical (unpaired) electrons. The second-order valence-corrected chi connectivity index (χ2v) is 7.27. The molecule has 0 spiro atoms. The molecule has 0 saturated carbocycles. The van der Waals surface area contributed by atoms with Gasteiger partial charge in [-0.2, -0.15) is 0 Å². The van der Waals surface area contributed by atoms with Gasteiger partial charge in [0.15, 0.2) is 9.84 Å². The van der Waals surface area contributed by atoms with Gasteiger partial charge in [0, 0.05) is 6.04 Å². The third-order valence-electron chi connectivity index (χ3n) is 3.62. The van der Waals surface area contributed by atoms with Crippen LogP contribution in [0.1, 0.15) is 19.8 Å². The minimum absolute atomic E-state index is 0.206. The Morgan fingerprint density at radius 1 is 1.10 bits per heavy atom. The van der Waals surface area contributed by atoms with Crippen LogP contribution in [0.25, 0.3) is 10.8 Å². The number of nitrogens with one attached hydrogen (secondary N) is 1. The average molecular weight is 291 g/mol. The molecule has 2 aromatic carbocycles. The van der Waals surface area contributed by atoms with Crippen molar-refractivity contribution >= 4 is 20.6 Å². The molecule has 0 fully saturated rings. The zero-order valence-corrected chi connectivity index (χ0v) is 12.8. The summed E-state index contributed by atoms with van der Waals surface area (Å²) in [5.74, 6) is 0.206. The number of hydrogen-bond donors (Lipinski definition) is 1. The first-order chi connectivity index (χ1) is 9.53. The topological polar surface area (TPSA) is 46.2 Å². The van der Waals surface area contributed by atoms with Crippen molar-refractivity contribution in [2.45, 2.75) is 30.7 Å². The van der Waals surface area contributed by atoms with Crippen molar-refractivity contribution in [3.63, 3.8) is 0 Å². The SMILES string of the molecule is CNC(C)CCCS(=O)(=O)c1ccc2ccccc2c1. The normalized spacial score (nSPS) is 13.5. The summed E-state index contributed by atoms with van der Waals surface area (Å²) in [4.78, 5) is 0.424. The highest BCUT2D eigenvalue weighted by atomic mass is 32.2. The van der Waals surface area contributed by atoms with Gasteiger partial charge in [0.1, 0.15) is 0 Å². The zero-order valence-electron chi connectivity index (χ0n) is 12.0. The smallest absolute Gasteiger partial charge is 0.178 e. The Morgan fingerprint density at radius 2 is 1.80 bits per heavy atom. The van der Waals surface area contributed by atoms with Gasteiger partial charge in [-0.05, 0) is 49.7 Å². The monoisotopic (exact) mass is 291 g/mol. The maximum Gasteiger partial charge on any atom is 0.178 e. The predicted octanol–water partition coefficient (Wildman–Crippen LogP) is 3.00. The highest BCUT2D eigenvalue weighted by molar-refractivity contribution is 7.91. The summed E-state index contributed by atoms with van der Waals surface area (Å²) in [5.41, 5.74) is 0. The van der Waals surface area contributed by atoms with E-state index in [9.17, 15) is 8.42 Å². The largest absolute Gasteiger partial charge is 0.317 e. The predicted molar refractivity (Wildman–Crippen MR) is 83.8 cm³/mol. The minimum atomic E-state index is -3.18. The molecule has 0 aliphatic heterocycles. The summed E-state index contributed by atoms with van der Waals surface area (Å²) in [6.07, 6.45) is 1.54. The number of benzene rings is 2. The van der Waals surface area contributed by atoms with E-state index in [-0.39, 0.29) is 5.75 Å². The van der Waals surface area contributed by atoms with Gasteiger partial charge in [-0.3, -0.25) is 0 Å². The van der Waals surface area contributed by atoms with E-state index in [1.807, 2.05) is 37.4 Å². The Hall–Kier alpha value is -1.39. The standard InChI is InChI=1S/C16H21NO2S/c1-13(17-2)6-5-11-20(18,19)16-10-9-14-7-3-4-8-15(14)12-16/h3-4,7-10,12-13,17H,5-6,11H2,1-2H3. The van der Waals surface area contributed by atoms with Crippen LogP contribution in [0.3, 0.4) is 0 Å². The lowest BCUT2D eigenvalue weighted by Crippen LogP contribution is -2.22. The van der Waals surface area contributed by atoms with Crippen LogP contribution in [0.15, 0.2) is 47.4 Å². The molecule has 2 rings (SSSR count). The van der Waals surface area contributed by atoms with Crippen molar-refractivity contribution in [3.8, 4) is 0 Å². The maximum absolute atomic E-state index is 12.3. The van der Waals surface area contributed by atoms with Crippen LogP contribution in [-0.4, -0.2) is 27.3 Å². The fourth-order valence-electron chi connectivity index (χ4n) is 2.20. The van der Waals surface area contributed by atoms with Crippen LogP contribution >= 0.6 is 0 Å². The molecule has 0 heterocycles. The van der Waals surface area contributed by atoms with E-state index in [4.69, 9.17) is 0 Å². The summed E-state index contributed by atoms with van der Waals surface area (Å²) < 4.78 is 24.7. The van der Waals surface area contributed by atoms with Gasteiger partial charge in [-0.15, -0.1) is 0 Å². The number of rotatable bonds is 6. The van der Waals surface area contributed by atoms with E-state index in [2.05, 4.69) is 12.2 Å². The summed E-state index contributed by atoms with van der Waals surface area (Å²) >= 11 is 0. The minimum Gasteiger partial charge on any atom is -0.317 e. The summed E-state index contributed by atoms with van der Waals surface area (Å²) in [6.45, 7) is 2.06. The van der Waals surface area contributed by atoms with Crippen molar-refractivity contribution in [2.75, 3.05) is 12.8 Å². The molecule has 4 heteroatoms. The van der Waals surface area contributed by atoms with Crippen LogP contribution in [0.2, 0.25) is 0 Å². The Bertz CT molecular complexity index is 680. The van der Waals surface area contributed by atoms with Crippen molar-refractivity contribution in [1.29, 1.82) is 0 Å². The van der Waals surface area contributed by atoms with Crippen LogP contribution < -0.4 is 5.32 Å². The first-order valence-corrected chi connectivity index (χ1v) is 8.57. The number of sulfone groups is 1. The third-order valence-corrected chi connectivity index (χ3v) is 5.42. The van der Waals surface area contributed by atoms with E-state index in [1.165, 1.54) is 0 Å². The molecular formula is C16H21NO2S. The number of hydrogen-bond acceptors (Lipinski definition) is 3. The summed E-state index contributed by atoms with van der Waals surface area (Å²) in [6, 6.07) is 13.5. The Morgan fingerprint density at radius 3 is 2.50 bits per heavy atom. The molecule has 1 atom stereocenters. The van der Waals surface area contributed by atoms with Crippen LogP contribution in [-0.2, 0) is 9.84 Å². The fourth-order valence-corrected chi connectivity index (χ4v) is 3.57. The van der Waals surface area contributed by atoms with E-state index in [0.29, 0.717) is 17.4 Å². The molecule has 0 amide bonds. The molecule has 1 unspecified atom stereocenters. The Kier molecular flexibility index (Phi) is 4.78. The van der Waals surface area contributed by atoms with Crippen molar-refractivity contribution in [1.82, 2.24) is 5.32 Å². The van der Waals surface area contributed by atoms with E-state index in [1.54, 1.807) is 12.1 Å². The summed E-state index contributed by atoms with van der Waals surface area (Å²) in [7, 11) is -1.29. The molecule has 20 heavy (non-hydrogen) atoms. The maximum atomic E-state index is 12.3. The molecule has 108 valence electrons. The van der Waals surface area contributed by atoms with Gasteiger partial charge in [-0.25, -0.2) is 8.42 Å². The van der Waals surface area contributed by atoms with Gasteiger partial charge < -0.3 is 5.32 Å². The fraction of sp³-hybridized carbons (Fsp3) is 0.375. The van der Waals surface area contributed by atoms with Crippen LogP contribution in [0, 0.1) is 0 Å². The molecule has 1 N–H and O–H groups in total. The molecular weight excluding hydrogens is 270 g/mol. The molecule has 0 saturated heterocycles. The van der Waals surface area contributed by atoms with Gasteiger partial charge in [-0.1, -0.05) is 30.3 Å². The highest BCUT2D eigenvalue weighted by Crippen LogP contribution is 2.20. The average Bonchev–Trinajstić information content (AvgIpc) is 2.46. The van der Waals surface area contributed by atoms with E-state index < -0.39 is 9.84 Å². The quantitative estimate of drug-likeness (QED) is 0.890. The third kappa shape index (κ3) is 3.58. The van der Waals surface area contributed by atoms with E-state index in [0.717, 1.165) is 17.2 Å². The lowest BCUT2D eigenvalue weighted by Gasteiger charge is -2.10. The molecule has 0 bridgehead atoms. The first kappa shape index (κ1) is 15.0. The second-order valence-electron chi connectivity index (χ2n) is 5.16. The first-order valence-electron chi connectivity index (χ1n) is 6.92. The van der Waals surface area contributed by atoms with E-state index >= 15 is 0 Å². The highest BCUT2D eigenvalue weighted by Gasteiger charge is 2.15. The van der Waals surface area contributed by atoms with Gasteiger partial charge >= 0.3 is 0 Å². The lowest BCUT2D eigenvalue weighted by atomic mass is 10.1. The van der Waals surface area contributed by atoms with Crippen molar-refractivity contribution < 1.29 is 8.42 Å². The Labute approximate surface area is 120 Å². The lowest BCUT2D eigenvalue weighted by molar-refractivity contribution is 0.548. The molecule has 3 nitrogen and oxygen atoms in total. The van der Waals surface area contributed by atoms with Gasteiger partial charge in [0.25, 0.3) is 0 Å². The zero-order chi connectivity index (χ0) is 14.6. The van der Waals surface area contributed by atoms with Gasteiger partial charge in [0.05, 0.1) is 10.6 Å². The van der Waals surface area contributed by atoms with Gasteiger partial charge in [0.2, 0.25) is 0 Å². The van der Waals surface area contributed by atoms with Crippen molar-refractivity contribution in [3.05, 3.63) is 42.5 Å².